The number of ether oxygens (including phenoxy) is 2. The van der Waals surface area contributed by atoms with Gasteiger partial charge in [0.15, 0.2) is 5.78 Å². The third kappa shape index (κ3) is 10.0. The molecule has 0 saturated heterocycles. The van der Waals surface area contributed by atoms with Crippen LogP contribution >= 0.6 is 12.2 Å². The van der Waals surface area contributed by atoms with Crippen LogP contribution < -0.4 is 14.8 Å². The molecule has 1 N–H and O–H groups in total. The highest BCUT2D eigenvalue weighted by Gasteiger charge is 2.17. The number of carbonyl (C=O) groups is 1. The first-order valence-electron chi connectivity index (χ1n) is 19.2. The van der Waals surface area contributed by atoms with E-state index in [1.54, 1.807) is 38.5 Å². The summed E-state index contributed by atoms with van der Waals surface area (Å²) in [6.07, 6.45) is 0. The van der Waals surface area contributed by atoms with E-state index < -0.39 is 0 Å². The molecule has 0 fully saturated rings. The van der Waals surface area contributed by atoms with Gasteiger partial charge in [-0.25, -0.2) is 13.8 Å². The maximum absolute atomic E-state index is 13.7. The standard InChI is InChI=1S/C25H23FN2OS.C24H24FNO2/c1-16(2)18-7-9-19(10-8-18)24-22-14-21(29-3)11-12-23(22)28(25(30)27-24)15-17-5-4-6-20(26)13-17;1-16(2)18-7-9-19(10-8-18)24(27)22-14-21(28-3)11-12-23(22)26-15-17-5-4-6-20(25)13-17/h4-14,16H,15H2,1-3H3;4-14,16,26H,15H2,1-3H3. The molecule has 0 aliphatic heterocycles. The van der Waals surface area contributed by atoms with Crippen molar-refractivity contribution in [1.82, 2.24) is 9.55 Å². The van der Waals surface area contributed by atoms with Gasteiger partial charge in [0.2, 0.25) is 4.77 Å². The number of halogens is 2. The fourth-order valence-electron chi connectivity index (χ4n) is 6.61. The van der Waals surface area contributed by atoms with Gasteiger partial charge in [-0.1, -0.05) is 100 Å². The molecule has 7 rings (SSSR count). The zero-order chi connectivity index (χ0) is 41.3. The van der Waals surface area contributed by atoms with Gasteiger partial charge in [0.25, 0.3) is 0 Å². The molecule has 6 aromatic carbocycles. The van der Waals surface area contributed by atoms with Crippen LogP contribution in [0.1, 0.15) is 77.7 Å². The minimum Gasteiger partial charge on any atom is -0.497 e. The van der Waals surface area contributed by atoms with Crippen LogP contribution in [0.5, 0.6) is 11.5 Å². The predicted octanol–water partition coefficient (Wildman–Crippen LogP) is 12.6. The topological polar surface area (TPSA) is 65.4 Å². The summed E-state index contributed by atoms with van der Waals surface area (Å²) in [5.41, 5.74) is 8.67. The van der Waals surface area contributed by atoms with Gasteiger partial charge in [-0.3, -0.25) is 4.79 Å². The monoisotopic (exact) mass is 795 g/mol. The first-order chi connectivity index (χ1) is 27.9. The number of aromatic nitrogens is 2. The van der Waals surface area contributed by atoms with E-state index in [1.807, 2.05) is 65.2 Å². The number of nitrogens with zero attached hydrogens (tertiary/aromatic N) is 2. The molecule has 0 atom stereocenters. The molecule has 58 heavy (non-hydrogen) atoms. The normalized spacial score (nSPS) is 11.0. The van der Waals surface area contributed by atoms with Crippen LogP contribution in [0.3, 0.4) is 0 Å². The second-order valence-electron chi connectivity index (χ2n) is 14.6. The Morgan fingerprint density at radius 2 is 1.28 bits per heavy atom. The Kier molecular flexibility index (Phi) is 13.5. The lowest BCUT2D eigenvalue weighted by Gasteiger charge is -2.16. The van der Waals surface area contributed by atoms with Crippen LogP contribution in [0.15, 0.2) is 133 Å². The molecule has 0 amide bonds. The van der Waals surface area contributed by atoms with Gasteiger partial charge in [-0.2, -0.15) is 0 Å². The van der Waals surface area contributed by atoms with E-state index in [4.69, 9.17) is 26.7 Å². The lowest BCUT2D eigenvalue weighted by molar-refractivity contribution is 0.103. The number of nitrogens with one attached hydrogen (secondary N) is 1. The maximum Gasteiger partial charge on any atom is 0.200 e. The SMILES string of the molecule is COc1ccc(NCc2cccc(F)c2)c(C(=O)c2ccc(C(C)C)cc2)c1.COc1ccc2c(c1)c(-c1ccc(C(C)C)cc1)nc(=S)n2Cc1cccc(F)c1. The van der Waals surface area contributed by atoms with E-state index in [9.17, 15) is 13.6 Å². The number of carbonyl (C=O) groups excluding carboxylic acids is 1. The number of hydrogen-bond donors (Lipinski definition) is 1. The molecule has 0 aliphatic carbocycles. The summed E-state index contributed by atoms with van der Waals surface area (Å²) in [4.78, 5) is 17.9. The Morgan fingerprint density at radius 1 is 0.707 bits per heavy atom. The van der Waals surface area contributed by atoms with E-state index in [0.717, 1.165) is 39.0 Å². The summed E-state index contributed by atoms with van der Waals surface area (Å²) in [7, 11) is 3.22. The molecule has 1 aromatic heterocycles. The largest absolute Gasteiger partial charge is 0.497 e. The molecule has 0 aliphatic rings. The van der Waals surface area contributed by atoms with Crippen molar-refractivity contribution in [3.05, 3.63) is 183 Å². The summed E-state index contributed by atoms with van der Waals surface area (Å²) < 4.78 is 40.2. The quantitative estimate of drug-likeness (QED) is 0.0981. The number of fused-ring (bicyclic) bond motifs is 1. The average Bonchev–Trinajstić information content (AvgIpc) is 3.23. The molecule has 0 spiro atoms. The molecule has 0 unspecified atom stereocenters. The average molecular weight is 796 g/mol. The van der Waals surface area contributed by atoms with Gasteiger partial charge in [-0.05, 0) is 107 Å². The molecule has 296 valence electrons. The summed E-state index contributed by atoms with van der Waals surface area (Å²) in [5, 5.41) is 4.19. The van der Waals surface area contributed by atoms with E-state index in [2.05, 4.69) is 57.3 Å². The molecule has 9 heteroatoms. The highest BCUT2D eigenvalue weighted by atomic mass is 32.1. The zero-order valence-corrected chi connectivity index (χ0v) is 34.4. The smallest absolute Gasteiger partial charge is 0.200 e. The van der Waals surface area contributed by atoms with Crippen LogP contribution in [0.4, 0.5) is 14.5 Å². The second kappa shape index (κ2) is 18.8. The van der Waals surface area contributed by atoms with Crippen molar-refractivity contribution in [3.8, 4) is 22.8 Å². The number of hydrogen-bond acceptors (Lipinski definition) is 6. The van der Waals surface area contributed by atoms with Gasteiger partial charge in [0, 0.05) is 34.3 Å². The number of methoxy groups -OCH3 is 2. The first-order valence-corrected chi connectivity index (χ1v) is 19.6. The predicted molar refractivity (Wildman–Crippen MR) is 233 cm³/mol. The third-order valence-electron chi connectivity index (χ3n) is 9.95. The molecule has 7 aromatic rings. The lowest BCUT2D eigenvalue weighted by Crippen LogP contribution is -2.09. The van der Waals surface area contributed by atoms with Crippen molar-refractivity contribution in [2.24, 2.45) is 0 Å². The molecule has 0 radical (unpaired) electrons. The van der Waals surface area contributed by atoms with Gasteiger partial charge in [-0.15, -0.1) is 0 Å². The number of anilines is 1. The van der Waals surface area contributed by atoms with E-state index in [1.165, 1.54) is 35.4 Å². The Labute approximate surface area is 344 Å². The van der Waals surface area contributed by atoms with Crippen LogP contribution in [-0.4, -0.2) is 29.6 Å². The molecule has 0 saturated carbocycles. The lowest BCUT2D eigenvalue weighted by atomic mass is 9.97. The Balaban J connectivity index is 0.000000196. The highest BCUT2D eigenvalue weighted by molar-refractivity contribution is 7.71. The van der Waals surface area contributed by atoms with Crippen molar-refractivity contribution in [1.29, 1.82) is 0 Å². The fraction of sp³-hybridized carbons (Fsp3) is 0.204. The molecule has 1 heterocycles. The van der Waals surface area contributed by atoms with Crippen LogP contribution in [0.2, 0.25) is 0 Å². The summed E-state index contributed by atoms with van der Waals surface area (Å²) in [6, 6.07) is 40.3. The Morgan fingerprint density at radius 3 is 1.88 bits per heavy atom. The number of ketones is 1. The van der Waals surface area contributed by atoms with Crippen molar-refractivity contribution < 1.29 is 23.0 Å². The zero-order valence-electron chi connectivity index (χ0n) is 33.6. The van der Waals surface area contributed by atoms with Crippen molar-refractivity contribution in [2.45, 2.75) is 52.6 Å². The fourth-order valence-corrected chi connectivity index (χ4v) is 6.87. The van der Waals surface area contributed by atoms with E-state index in [0.29, 0.717) is 52.3 Å². The van der Waals surface area contributed by atoms with Crippen molar-refractivity contribution in [3.63, 3.8) is 0 Å². The number of rotatable bonds is 12. The minimum atomic E-state index is -0.282. The highest BCUT2D eigenvalue weighted by Crippen LogP contribution is 2.32. The van der Waals surface area contributed by atoms with Gasteiger partial charge >= 0.3 is 0 Å². The molecule has 6 nitrogen and oxygen atoms in total. The third-order valence-corrected chi connectivity index (χ3v) is 10.3. The van der Waals surface area contributed by atoms with Gasteiger partial charge in [0.05, 0.1) is 32.0 Å². The van der Waals surface area contributed by atoms with E-state index >= 15 is 0 Å². The van der Waals surface area contributed by atoms with Crippen LogP contribution in [0, 0.1) is 16.4 Å². The Hall–Kier alpha value is -6.19. The summed E-state index contributed by atoms with van der Waals surface area (Å²) >= 11 is 5.65. The molecular weight excluding hydrogens is 749 g/mol. The minimum absolute atomic E-state index is 0.0871. The second-order valence-corrected chi connectivity index (χ2v) is 15.0. The summed E-state index contributed by atoms with van der Waals surface area (Å²) in [5.74, 6) is 1.59. The van der Waals surface area contributed by atoms with Gasteiger partial charge in [0.1, 0.15) is 23.1 Å². The Bertz CT molecular complexity index is 2590. The van der Waals surface area contributed by atoms with Crippen LogP contribution in [0.25, 0.3) is 22.2 Å². The van der Waals surface area contributed by atoms with Crippen molar-refractivity contribution >= 4 is 34.6 Å². The molecule has 0 bridgehead atoms. The maximum atomic E-state index is 13.7. The van der Waals surface area contributed by atoms with Crippen molar-refractivity contribution in [2.75, 3.05) is 19.5 Å². The first kappa shape index (κ1) is 41.4. The summed E-state index contributed by atoms with van der Waals surface area (Å²) in [6.45, 7) is 9.44. The molecular formula is C49H47F2N3O3S. The van der Waals surface area contributed by atoms with Gasteiger partial charge < -0.3 is 19.4 Å². The van der Waals surface area contributed by atoms with E-state index in [-0.39, 0.29) is 17.4 Å². The van der Waals surface area contributed by atoms with Crippen LogP contribution in [-0.2, 0) is 13.1 Å². The number of benzene rings is 6.